The Kier molecular flexibility index (Phi) is 4.88. The van der Waals surface area contributed by atoms with E-state index in [2.05, 4.69) is 15.3 Å². The van der Waals surface area contributed by atoms with E-state index in [0.717, 1.165) is 4.90 Å². The fraction of sp³-hybridized carbons (Fsp3) is 0.412. The zero-order valence-electron chi connectivity index (χ0n) is 14.6. The number of H-pyrrole nitrogens is 1. The molecular weight excluding hydrogens is 341 g/mol. The summed E-state index contributed by atoms with van der Waals surface area (Å²) in [7, 11) is 1.58. The first kappa shape index (κ1) is 17.8. The smallest absolute Gasteiger partial charge is 0.324 e. The third-order valence-electron chi connectivity index (χ3n) is 4.24. The Balaban J connectivity index is 1.62. The first-order chi connectivity index (χ1) is 12.4. The molecule has 1 aliphatic rings. The summed E-state index contributed by atoms with van der Waals surface area (Å²) in [5, 5.41) is 2.54. The van der Waals surface area contributed by atoms with E-state index in [1.807, 2.05) is 6.92 Å². The van der Waals surface area contributed by atoms with Crippen molar-refractivity contribution in [3.63, 3.8) is 0 Å². The van der Waals surface area contributed by atoms with Gasteiger partial charge < -0.3 is 15.2 Å². The fourth-order valence-electron chi connectivity index (χ4n) is 2.90. The van der Waals surface area contributed by atoms with Crippen molar-refractivity contribution in [2.45, 2.75) is 32.4 Å². The van der Waals surface area contributed by atoms with Gasteiger partial charge in [0.15, 0.2) is 0 Å². The quantitative estimate of drug-likeness (QED) is 0.760. The van der Waals surface area contributed by atoms with Crippen molar-refractivity contribution in [3.8, 4) is 0 Å². The Morgan fingerprint density at radius 1 is 1.38 bits per heavy atom. The second-order valence-electron chi connectivity index (χ2n) is 6.29. The van der Waals surface area contributed by atoms with Crippen molar-refractivity contribution >= 4 is 28.9 Å². The highest BCUT2D eigenvalue weighted by Gasteiger charge is 2.38. The molecule has 138 valence electrons. The Labute approximate surface area is 149 Å². The van der Waals surface area contributed by atoms with Crippen LogP contribution < -0.4 is 5.32 Å². The third-order valence-corrected chi connectivity index (χ3v) is 4.24. The van der Waals surface area contributed by atoms with Gasteiger partial charge in [0.2, 0.25) is 5.91 Å². The van der Waals surface area contributed by atoms with Gasteiger partial charge in [-0.05, 0) is 24.6 Å². The topological polar surface area (TPSA) is 98.4 Å². The first-order valence-electron chi connectivity index (χ1n) is 8.39. The number of nitrogens with zero attached hydrogens (tertiary/aromatic N) is 3. The maximum Gasteiger partial charge on any atom is 0.324 e. The molecule has 4 amide bonds. The van der Waals surface area contributed by atoms with Gasteiger partial charge in [0.1, 0.15) is 17.7 Å². The minimum absolute atomic E-state index is 0.115. The number of halogens is 1. The molecule has 1 atom stereocenters. The summed E-state index contributed by atoms with van der Waals surface area (Å²) in [5.74, 6) is -0.536. The van der Waals surface area contributed by atoms with E-state index < -0.39 is 12.1 Å². The number of rotatable bonds is 6. The number of aromatic amines is 1. The molecule has 2 N–H and O–H groups in total. The first-order valence-corrected chi connectivity index (χ1v) is 8.39. The van der Waals surface area contributed by atoms with Crippen LogP contribution in [-0.4, -0.2) is 57.2 Å². The highest BCUT2D eigenvalue weighted by atomic mass is 19.1. The van der Waals surface area contributed by atoms with E-state index in [9.17, 15) is 18.8 Å². The Hall–Kier alpha value is -2.97. The monoisotopic (exact) mass is 361 g/mol. The fourth-order valence-corrected chi connectivity index (χ4v) is 2.90. The van der Waals surface area contributed by atoms with Gasteiger partial charge in [-0.1, -0.05) is 6.92 Å². The summed E-state index contributed by atoms with van der Waals surface area (Å²) in [5.41, 5.74) is 1.16. The summed E-state index contributed by atoms with van der Waals surface area (Å²) in [6.07, 6.45) is 0.544. The number of imide groups is 1. The van der Waals surface area contributed by atoms with E-state index >= 15 is 0 Å². The summed E-state index contributed by atoms with van der Waals surface area (Å²) in [4.78, 5) is 46.2. The number of benzene rings is 1. The van der Waals surface area contributed by atoms with Crippen molar-refractivity contribution < 1.29 is 18.8 Å². The number of amides is 4. The molecule has 1 aromatic carbocycles. The van der Waals surface area contributed by atoms with Crippen LogP contribution in [0.15, 0.2) is 18.2 Å². The summed E-state index contributed by atoms with van der Waals surface area (Å²) < 4.78 is 13.2. The lowest BCUT2D eigenvalue weighted by molar-refractivity contribution is -0.135. The standard InChI is InChI=1S/C17H20FN5O3/c1-3-6-23-16(25)13(21-17(23)26)8-15(24)22(2)9-14-19-11-5-4-10(18)7-12(11)20-14/h4-5,7,13H,3,6,8-9H2,1-2H3,(H,19,20)(H,21,26)/t13-/m1/s1. The van der Waals surface area contributed by atoms with Crippen molar-refractivity contribution in [1.82, 2.24) is 25.1 Å². The van der Waals surface area contributed by atoms with E-state index in [0.29, 0.717) is 29.8 Å². The maximum atomic E-state index is 13.2. The molecule has 0 saturated carbocycles. The van der Waals surface area contributed by atoms with Crippen LogP contribution in [0.2, 0.25) is 0 Å². The van der Waals surface area contributed by atoms with Crippen molar-refractivity contribution in [1.29, 1.82) is 0 Å². The molecule has 3 rings (SSSR count). The van der Waals surface area contributed by atoms with Gasteiger partial charge in [-0.15, -0.1) is 0 Å². The van der Waals surface area contributed by atoms with E-state index in [1.54, 1.807) is 13.1 Å². The number of carbonyl (C=O) groups is 3. The third kappa shape index (κ3) is 3.51. The maximum absolute atomic E-state index is 13.2. The highest BCUT2D eigenvalue weighted by molar-refractivity contribution is 6.05. The van der Waals surface area contributed by atoms with Gasteiger partial charge in [-0.25, -0.2) is 14.2 Å². The number of aromatic nitrogens is 2. The molecule has 0 unspecified atom stereocenters. The minimum Gasteiger partial charge on any atom is -0.340 e. The molecule has 8 nitrogen and oxygen atoms in total. The number of hydrogen-bond acceptors (Lipinski definition) is 4. The second kappa shape index (κ2) is 7.11. The number of urea groups is 1. The zero-order chi connectivity index (χ0) is 18.8. The van der Waals surface area contributed by atoms with Gasteiger partial charge in [-0.2, -0.15) is 0 Å². The lowest BCUT2D eigenvalue weighted by Gasteiger charge is -2.17. The molecule has 1 aliphatic heterocycles. The minimum atomic E-state index is -0.839. The van der Waals surface area contributed by atoms with Crippen LogP contribution in [0.1, 0.15) is 25.6 Å². The number of carbonyl (C=O) groups excluding carboxylic acids is 3. The lowest BCUT2D eigenvalue weighted by atomic mass is 10.2. The van der Waals surface area contributed by atoms with E-state index in [-0.39, 0.29) is 30.6 Å². The second-order valence-corrected chi connectivity index (χ2v) is 6.29. The van der Waals surface area contributed by atoms with Crippen LogP contribution in [0.4, 0.5) is 9.18 Å². The number of fused-ring (bicyclic) bond motifs is 1. The molecule has 0 spiro atoms. The van der Waals surface area contributed by atoms with Crippen LogP contribution in [0.3, 0.4) is 0 Å². The molecule has 1 fully saturated rings. The number of hydrogen-bond donors (Lipinski definition) is 2. The molecule has 2 heterocycles. The van der Waals surface area contributed by atoms with Crippen LogP contribution in [0.5, 0.6) is 0 Å². The largest absolute Gasteiger partial charge is 0.340 e. The molecule has 2 aromatic rings. The summed E-state index contributed by atoms with van der Waals surface area (Å²) in [6.45, 7) is 2.38. The van der Waals surface area contributed by atoms with Crippen molar-refractivity contribution in [2.24, 2.45) is 0 Å². The predicted octanol–water partition coefficient (Wildman–Crippen LogP) is 1.38. The van der Waals surface area contributed by atoms with Crippen molar-refractivity contribution in [3.05, 3.63) is 29.8 Å². The average Bonchev–Trinajstić information content (AvgIpc) is 3.09. The summed E-state index contributed by atoms with van der Waals surface area (Å²) >= 11 is 0. The van der Waals surface area contributed by atoms with E-state index in [4.69, 9.17) is 0 Å². The molecule has 1 saturated heterocycles. The molecule has 9 heteroatoms. The summed E-state index contributed by atoms with van der Waals surface area (Å²) in [6, 6.07) is 2.91. The highest BCUT2D eigenvalue weighted by Crippen LogP contribution is 2.15. The lowest BCUT2D eigenvalue weighted by Crippen LogP contribution is -2.37. The molecule has 0 bridgehead atoms. The van der Waals surface area contributed by atoms with Gasteiger partial charge >= 0.3 is 6.03 Å². The van der Waals surface area contributed by atoms with Gasteiger partial charge in [0.05, 0.1) is 24.0 Å². The van der Waals surface area contributed by atoms with Gasteiger partial charge in [-0.3, -0.25) is 14.5 Å². The van der Waals surface area contributed by atoms with Gasteiger partial charge in [0, 0.05) is 13.6 Å². The zero-order valence-corrected chi connectivity index (χ0v) is 14.6. The van der Waals surface area contributed by atoms with Gasteiger partial charge in [0.25, 0.3) is 5.91 Å². The molecule has 26 heavy (non-hydrogen) atoms. The number of imidazole rings is 1. The van der Waals surface area contributed by atoms with Crippen LogP contribution in [0, 0.1) is 5.82 Å². The predicted molar refractivity (Wildman–Crippen MR) is 91.5 cm³/mol. The number of nitrogens with one attached hydrogen (secondary N) is 2. The van der Waals surface area contributed by atoms with Crippen LogP contribution >= 0.6 is 0 Å². The molecule has 1 aromatic heterocycles. The van der Waals surface area contributed by atoms with Crippen LogP contribution in [-0.2, 0) is 16.1 Å². The average molecular weight is 361 g/mol. The van der Waals surface area contributed by atoms with Crippen molar-refractivity contribution in [2.75, 3.05) is 13.6 Å². The molecule has 0 radical (unpaired) electrons. The van der Waals surface area contributed by atoms with E-state index in [1.165, 1.54) is 17.0 Å². The Morgan fingerprint density at radius 2 is 2.15 bits per heavy atom. The van der Waals surface area contributed by atoms with Crippen LogP contribution in [0.25, 0.3) is 11.0 Å². The molecular formula is C17H20FN5O3. The molecule has 0 aliphatic carbocycles. The SMILES string of the molecule is CCCN1C(=O)N[C@H](CC(=O)N(C)Cc2nc3ccc(F)cc3[nH]2)C1=O. The normalized spacial score (nSPS) is 17.0. The Morgan fingerprint density at radius 3 is 2.88 bits per heavy atom. The Bertz CT molecular complexity index is 865.